The molecule has 178 valence electrons. The van der Waals surface area contributed by atoms with E-state index >= 15 is 0 Å². The number of carboxylic acids is 2. The number of aromatic nitrogens is 1. The van der Waals surface area contributed by atoms with Crippen LogP contribution in [-0.2, 0) is 16.1 Å². The monoisotopic (exact) mass is 464 g/mol. The standard InChI is InChI=1S/C26H28N2O6/c1-4-13-34-26(33)28(23(16(2)3)25(31)32)15-17-9-11-21-18(14-17)10-12-22(27-21)19-7-5-6-8-20(19)24(29)30/h5-12,14,16,23H,4,13,15H2,1-3H3,(H,29,30)(H,31,32)/t23-/m0/s1. The Kier molecular flexibility index (Phi) is 7.83. The number of ether oxygens (including phenoxy) is 1. The largest absolute Gasteiger partial charge is 0.480 e. The number of aromatic carboxylic acids is 1. The quantitative estimate of drug-likeness (QED) is 0.455. The molecule has 1 atom stereocenters. The molecule has 1 aromatic heterocycles. The van der Waals surface area contributed by atoms with E-state index in [1.807, 2.05) is 19.1 Å². The predicted octanol–water partition coefficient (Wildman–Crippen LogP) is 5.06. The number of aliphatic carboxylic acids is 1. The second kappa shape index (κ2) is 10.8. The summed E-state index contributed by atoms with van der Waals surface area (Å²) in [4.78, 5) is 42.0. The molecule has 0 fully saturated rings. The minimum Gasteiger partial charge on any atom is -0.480 e. The zero-order valence-corrected chi connectivity index (χ0v) is 19.4. The molecule has 0 aliphatic heterocycles. The Balaban J connectivity index is 1.95. The maximum Gasteiger partial charge on any atom is 0.410 e. The van der Waals surface area contributed by atoms with Crippen molar-refractivity contribution in [2.45, 2.75) is 39.8 Å². The van der Waals surface area contributed by atoms with Crippen molar-refractivity contribution >= 4 is 28.9 Å². The van der Waals surface area contributed by atoms with E-state index in [0.717, 1.165) is 10.9 Å². The van der Waals surface area contributed by atoms with Crippen molar-refractivity contribution < 1.29 is 29.3 Å². The Labute approximate surface area is 197 Å². The van der Waals surface area contributed by atoms with Gasteiger partial charge in [0.05, 0.1) is 23.4 Å². The van der Waals surface area contributed by atoms with Gasteiger partial charge < -0.3 is 14.9 Å². The zero-order valence-electron chi connectivity index (χ0n) is 19.4. The first-order valence-corrected chi connectivity index (χ1v) is 11.1. The van der Waals surface area contributed by atoms with Gasteiger partial charge >= 0.3 is 18.0 Å². The molecule has 2 N–H and O–H groups in total. The first-order chi connectivity index (χ1) is 16.2. The van der Waals surface area contributed by atoms with Crippen LogP contribution in [0.5, 0.6) is 0 Å². The van der Waals surface area contributed by atoms with E-state index in [2.05, 4.69) is 4.98 Å². The van der Waals surface area contributed by atoms with Crippen molar-refractivity contribution in [3.8, 4) is 11.3 Å². The third-order valence-electron chi connectivity index (χ3n) is 5.42. The van der Waals surface area contributed by atoms with Crippen LogP contribution in [0.1, 0.15) is 43.1 Å². The fraction of sp³-hybridized carbons (Fsp3) is 0.308. The van der Waals surface area contributed by atoms with Crippen LogP contribution in [0.2, 0.25) is 0 Å². The van der Waals surface area contributed by atoms with Gasteiger partial charge in [-0.2, -0.15) is 0 Å². The number of fused-ring (bicyclic) bond motifs is 1. The van der Waals surface area contributed by atoms with Crippen molar-refractivity contribution in [1.29, 1.82) is 0 Å². The highest BCUT2D eigenvalue weighted by Crippen LogP contribution is 2.26. The van der Waals surface area contributed by atoms with Gasteiger partial charge in [-0.05, 0) is 42.2 Å². The normalized spacial score (nSPS) is 11.9. The van der Waals surface area contributed by atoms with Crippen LogP contribution in [-0.4, -0.2) is 50.8 Å². The molecule has 0 aliphatic rings. The summed E-state index contributed by atoms with van der Waals surface area (Å²) in [6.45, 7) is 5.65. The summed E-state index contributed by atoms with van der Waals surface area (Å²) in [5.74, 6) is -2.43. The minimum absolute atomic E-state index is 0.0667. The third kappa shape index (κ3) is 5.51. The zero-order chi connectivity index (χ0) is 24.8. The van der Waals surface area contributed by atoms with E-state index in [-0.39, 0.29) is 24.6 Å². The fourth-order valence-electron chi connectivity index (χ4n) is 3.84. The van der Waals surface area contributed by atoms with Crippen molar-refractivity contribution in [1.82, 2.24) is 9.88 Å². The number of carbonyl (C=O) groups excluding carboxylic acids is 1. The van der Waals surface area contributed by atoms with Crippen molar-refractivity contribution in [3.05, 3.63) is 65.7 Å². The lowest BCUT2D eigenvalue weighted by molar-refractivity contribution is -0.144. The second-order valence-corrected chi connectivity index (χ2v) is 8.34. The molecule has 8 heteroatoms. The van der Waals surface area contributed by atoms with Crippen molar-refractivity contribution in [2.75, 3.05) is 6.61 Å². The number of rotatable bonds is 9. The number of hydrogen-bond donors (Lipinski definition) is 2. The molecular formula is C26H28N2O6. The molecule has 0 saturated carbocycles. The number of benzene rings is 2. The van der Waals surface area contributed by atoms with Gasteiger partial charge in [0, 0.05) is 17.5 Å². The summed E-state index contributed by atoms with van der Waals surface area (Å²) in [6, 6.07) is 14.6. The first-order valence-electron chi connectivity index (χ1n) is 11.1. The SMILES string of the molecule is CCCOC(=O)N(Cc1ccc2nc(-c3ccccc3C(=O)O)ccc2c1)[C@H](C(=O)O)C(C)C. The molecule has 1 heterocycles. The molecule has 8 nitrogen and oxygen atoms in total. The average Bonchev–Trinajstić information content (AvgIpc) is 2.81. The highest BCUT2D eigenvalue weighted by molar-refractivity contribution is 5.96. The minimum atomic E-state index is -1.09. The predicted molar refractivity (Wildman–Crippen MR) is 128 cm³/mol. The highest BCUT2D eigenvalue weighted by Gasteiger charge is 2.33. The van der Waals surface area contributed by atoms with Crippen LogP contribution in [0.15, 0.2) is 54.6 Å². The summed E-state index contributed by atoms with van der Waals surface area (Å²) >= 11 is 0. The Morgan fingerprint density at radius 1 is 1.03 bits per heavy atom. The van der Waals surface area contributed by atoms with E-state index in [1.54, 1.807) is 50.2 Å². The number of pyridine rings is 1. The fourth-order valence-corrected chi connectivity index (χ4v) is 3.84. The van der Waals surface area contributed by atoms with Crippen LogP contribution >= 0.6 is 0 Å². The summed E-state index contributed by atoms with van der Waals surface area (Å²) in [5, 5.41) is 20.0. The lowest BCUT2D eigenvalue weighted by Crippen LogP contribution is -2.47. The number of carbonyl (C=O) groups is 3. The van der Waals surface area contributed by atoms with Gasteiger partial charge in [0.1, 0.15) is 6.04 Å². The van der Waals surface area contributed by atoms with Crippen LogP contribution < -0.4 is 0 Å². The van der Waals surface area contributed by atoms with Crippen LogP contribution in [0, 0.1) is 5.92 Å². The summed E-state index contributed by atoms with van der Waals surface area (Å²) in [5.41, 5.74) is 2.61. The highest BCUT2D eigenvalue weighted by atomic mass is 16.6. The van der Waals surface area contributed by atoms with Gasteiger partial charge in [-0.1, -0.05) is 51.1 Å². The van der Waals surface area contributed by atoms with Crippen molar-refractivity contribution in [2.24, 2.45) is 5.92 Å². The Bertz CT molecular complexity index is 1210. The van der Waals surface area contributed by atoms with E-state index in [0.29, 0.717) is 23.2 Å². The van der Waals surface area contributed by atoms with Crippen LogP contribution in [0.25, 0.3) is 22.2 Å². The third-order valence-corrected chi connectivity index (χ3v) is 5.42. The molecular weight excluding hydrogens is 436 g/mol. The van der Waals surface area contributed by atoms with Gasteiger partial charge in [-0.25, -0.2) is 19.4 Å². The first kappa shape index (κ1) is 24.7. The smallest absolute Gasteiger partial charge is 0.410 e. The number of carboxylic acid groups (broad SMARTS) is 2. The molecule has 0 aliphatic carbocycles. The van der Waals surface area contributed by atoms with Gasteiger partial charge in [0.25, 0.3) is 0 Å². The Hall–Kier alpha value is -3.94. The summed E-state index contributed by atoms with van der Waals surface area (Å²) in [6.07, 6.45) is -0.0321. The van der Waals surface area contributed by atoms with Gasteiger partial charge in [0.2, 0.25) is 0 Å². The molecule has 0 saturated heterocycles. The number of hydrogen-bond acceptors (Lipinski definition) is 5. The van der Waals surface area contributed by atoms with E-state index < -0.39 is 24.1 Å². The maximum absolute atomic E-state index is 12.7. The van der Waals surface area contributed by atoms with E-state index in [9.17, 15) is 24.6 Å². The molecule has 2 aromatic carbocycles. The van der Waals surface area contributed by atoms with Crippen LogP contribution in [0.3, 0.4) is 0 Å². The summed E-state index contributed by atoms with van der Waals surface area (Å²) in [7, 11) is 0. The Morgan fingerprint density at radius 2 is 1.76 bits per heavy atom. The van der Waals surface area contributed by atoms with Gasteiger partial charge in [0.15, 0.2) is 0 Å². The average molecular weight is 465 g/mol. The van der Waals surface area contributed by atoms with Gasteiger partial charge in [-0.3, -0.25) is 4.90 Å². The lowest BCUT2D eigenvalue weighted by Gasteiger charge is -2.30. The molecule has 3 rings (SSSR count). The lowest BCUT2D eigenvalue weighted by atomic mass is 10.0. The van der Waals surface area contributed by atoms with E-state index in [1.165, 1.54) is 11.0 Å². The topological polar surface area (TPSA) is 117 Å². The second-order valence-electron chi connectivity index (χ2n) is 8.34. The molecule has 1 amide bonds. The summed E-state index contributed by atoms with van der Waals surface area (Å²) < 4.78 is 5.25. The van der Waals surface area contributed by atoms with Crippen LogP contribution in [0.4, 0.5) is 4.79 Å². The molecule has 0 unspecified atom stereocenters. The molecule has 3 aromatic rings. The van der Waals surface area contributed by atoms with Crippen molar-refractivity contribution in [3.63, 3.8) is 0 Å². The molecule has 0 bridgehead atoms. The maximum atomic E-state index is 12.7. The number of nitrogens with zero attached hydrogens (tertiary/aromatic N) is 2. The molecule has 34 heavy (non-hydrogen) atoms. The number of amides is 1. The molecule has 0 radical (unpaired) electrons. The van der Waals surface area contributed by atoms with Gasteiger partial charge in [-0.15, -0.1) is 0 Å². The van der Waals surface area contributed by atoms with E-state index in [4.69, 9.17) is 4.74 Å². The molecule has 0 spiro atoms. The Morgan fingerprint density at radius 3 is 2.41 bits per heavy atom.